The Labute approximate surface area is 138 Å². The summed E-state index contributed by atoms with van der Waals surface area (Å²) in [4.78, 5) is 9.51. The molecule has 0 N–H and O–H groups in total. The second-order valence-corrected chi connectivity index (χ2v) is 6.68. The topological polar surface area (TPSA) is 24.7 Å². The van der Waals surface area contributed by atoms with Crippen LogP contribution in [0.5, 0.6) is 0 Å². The molecule has 0 bridgehead atoms. The molecule has 2 nitrogen and oxygen atoms in total. The summed E-state index contributed by atoms with van der Waals surface area (Å²) in [6.45, 7) is 4.47. The molecule has 19 heavy (non-hydrogen) atoms. The summed E-state index contributed by atoms with van der Waals surface area (Å²) in [5, 5.41) is 2.36. The van der Waals surface area contributed by atoms with Gasteiger partial charge in [0.25, 0.3) is 0 Å². The summed E-state index contributed by atoms with van der Waals surface area (Å²) < 4.78 is 0. The van der Waals surface area contributed by atoms with Gasteiger partial charge in [0.2, 0.25) is 0 Å². The van der Waals surface area contributed by atoms with E-state index < -0.39 is 0 Å². The summed E-state index contributed by atoms with van der Waals surface area (Å²) in [5.41, 5.74) is 2.73. The molecule has 2 aliphatic rings. The molecule has 0 aromatic heterocycles. The summed E-state index contributed by atoms with van der Waals surface area (Å²) in [7, 11) is 0. The van der Waals surface area contributed by atoms with Crippen molar-refractivity contribution in [1.29, 1.82) is 0 Å². The molecular weight excluding hydrogens is 453 g/mol. The maximum Gasteiger partial charge on any atom is 0.129 e. The Morgan fingerprint density at radius 2 is 1.26 bits per heavy atom. The van der Waals surface area contributed by atoms with E-state index in [9.17, 15) is 0 Å². The normalized spacial score (nSPS) is 22.2. The molecule has 2 heterocycles. The second kappa shape index (κ2) is 9.38. The van der Waals surface area contributed by atoms with E-state index in [-0.39, 0.29) is 20.1 Å². The Morgan fingerprint density at radius 1 is 0.842 bits per heavy atom. The zero-order valence-corrected chi connectivity index (χ0v) is 15.7. The van der Waals surface area contributed by atoms with Gasteiger partial charge in [0, 0.05) is 43.0 Å². The molecule has 2 aliphatic heterocycles. The van der Waals surface area contributed by atoms with Crippen molar-refractivity contribution in [1.82, 2.24) is 0 Å². The molecule has 109 valence electrons. The van der Waals surface area contributed by atoms with E-state index in [1.807, 2.05) is 23.5 Å². The number of hydrogen-bond donors (Lipinski definition) is 0. The maximum absolute atomic E-state index is 4.75. The van der Waals surface area contributed by atoms with Crippen LogP contribution in [0, 0.1) is 0 Å². The van der Waals surface area contributed by atoms with Gasteiger partial charge in [-0.2, -0.15) is 0 Å². The molecule has 0 saturated heterocycles. The minimum atomic E-state index is 0. The molecular formula is C14H22IrN2S2. The van der Waals surface area contributed by atoms with Crippen LogP contribution < -0.4 is 0 Å². The van der Waals surface area contributed by atoms with Crippen LogP contribution in [-0.2, 0) is 20.1 Å². The standard InChI is InChI=1S/C14H22N2S2.Ir/c1-3-5-7-11-9-17-13(15-11)14-16-12(10-18-14)8-6-4-2;/h3-10H2,1-2H3;. The third-order valence-electron chi connectivity index (χ3n) is 3.09. The third-order valence-corrected chi connectivity index (χ3v) is 5.29. The van der Waals surface area contributed by atoms with Gasteiger partial charge in [-0.25, -0.2) is 9.98 Å². The van der Waals surface area contributed by atoms with Gasteiger partial charge in [0.1, 0.15) is 10.1 Å². The quantitative estimate of drug-likeness (QED) is 0.549. The molecule has 0 aromatic rings. The first kappa shape index (κ1) is 17.5. The van der Waals surface area contributed by atoms with Crippen LogP contribution >= 0.6 is 23.5 Å². The van der Waals surface area contributed by atoms with Crippen LogP contribution in [0.2, 0.25) is 0 Å². The first-order chi connectivity index (χ1) is 8.83. The average Bonchev–Trinajstić information content (AvgIpc) is 3.02. The fraction of sp³-hybridized carbons (Fsp3) is 0.714. The Hall–Kier alpha value is 0.429. The monoisotopic (exact) mass is 475 g/mol. The van der Waals surface area contributed by atoms with Crippen molar-refractivity contribution in [3.63, 3.8) is 0 Å². The van der Waals surface area contributed by atoms with Crippen LogP contribution in [-0.4, -0.2) is 22.9 Å². The zero-order valence-electron chi connectivity index (χ0n) is 11.7. The van der Waals surface area contributed by atoms with Crippen molar-refractivity contribution in [2.75, 3.05) is 11.5 Å². The van der Waals surface area contributed by atoms with Gasteiger partial charge < -0.3 is 0 Å². The van der Waals surface area contributed by atoms with Crippen molar-refractivity contribution in [2.24, 2.45) is 9.98 Å². The second-order valence-electron chi connectivity index (χ2n) is 4.75. The van der Waals surface area contributed by atoms with Gasteiger partial charge in [-0.05, 0) is 25.7 Å². The van der Waals surface area contributed by atoms with Gasteiger partial charge in [0.15, 0.2) is 0 Å². The molecule has 2 rings (SSSR count). The Morgan fingerprint density at radius 3 is 1.63 bits per heavy atom. The first-order valence-electron chi connectivity index (χ1n) is 6.96. The summed E-state index contributed by atoms with van der Waals surface area (Å²) in [6, 6.07) is 0. The summed E-state index contributed by atoms with van der Waals surface area (Å²) in [6.07, 6.45) is 7.36. The average molecular weight is 475 g/mol. The van der Waals surface area contributed by atoms with Gasteiger partial charge in [0.05, 0.1) is 0 Å². The number of aliphatic imine (C=N–C) groups is 2. The molecule has 0 spiro atoms. The first-order valence-corrected chi connectivity index (χ1v) is 8.93. The van der Waals surface area contributed by atoms with Crippen molar-refractivity contribution >= 4 is 34.9 Å². The number of rotatable bonds is 6. The van der Waals surface area contributed by atoms with Crippen molar-refractivity contribution in [2.45, 2.75) is 52.4 Å². The smallest absolute Gasteiger partial charge is 0.129 e. The molecule has 0 atom stereocenters. The molecule has 0 amide bonds. The Balaban J connectivity index is 0.00000180. The van der Waals surface area contributed by atoms with Crippen molar-refractivity contribution < 1.29 is 20.1 Å². The number of hydrogen-bond acceptors (Lipinski definition) is 4. The molecule has 5 heteroatoms. The molecule has 0 aromatic carbocycles. The summed E-state index contributed by atoms with van der Waals surface area (Å²) >= 11 is 3.74. The number of unbranched alkanes of at least 4 members (excludes halogenated alkanes) is 2. The van der Waals surface area contributed by atoms with E-state index in [1.165, 1.54) is 47.2 Å². The predicted molar refractivity (Wildman–Crippen MR) is 85.9 cm³/mol. The minimum absolute atomic E-state index is 0. The molecule has 0 aliphatic carbocycles. The van der Waals surface area contributed by atoms with Gasteiger partial charge in [-0.15, -0.1) is 0 Å². The molecule has 0 unspecified atom stereocenters. The largest absolute Gasteiger partial charge is 0.247 e. The fourth-order valence-corrected chi connectivity index (χ4v) is 4.06. The van der Waals surface area contributed by atoms with Crippen LogP contribution in [0.1, 0.15) is 52.4 Å². The number of nitrogens with zero attached hydrogens (tertiary/aromatic N) is 2. The van der Waals surface area contributed by atoms with Crippen LogP contribution in [0.3, 0.4) is 0 Å². The molecule has 1 radical (unpaired) electrons. The SMILES string of the molecule is CCCCC1=NC(=C2N=C(CCCC)CS2)SC1.[Ir]. The van der Waals surface area contributed by atoms with E-state index in [0.717, 1.165) is 24.3 Å². The third kappa shape index (κ3) is 5.37. The van der Waals surface area contributed by atoms with E-state index >= 15 is 0 Å². The molecule has 0 saturated carbocycles. The minimum Gasteiger partial charge on any atom is -0.247 e. The van der Waals surface area contributed by atoms with Gasteiger partial charge in [-0.3, -0.25) is 0 Å². The van der Waals surface area contributed by atoms with E-state index in [2.05, 4.69) is 13.8 Å². The Bertz CT molecular complexity index is 353. The zero-order chi connectivity index (χ0) is 12.8. The Kier molecular flexibility index (Phi) is 8.63. The van der Waals surface area contributed by atoms with Gasteiger partial charge in [-0.1, -0.05) is 50.2 Å². The fourth-order valence-electron chi connectivity index (χ4n) is 1.96. The van der Waals surface area contributed by atoms with Crippen LogP contribution in [0.25, 0.3) is 0 Å². The van der Waals surface area contributed by atoms with Crippen LogP contribution in [0.4, 0.5) is 0 Å². The van der Waals surface area contributed by atoms with Crippen molar-refractivity contribution in [3.8, 4) is 0 Å². The van der Waals surface area contributed by atoms with Crippen molar-refractivity contribution in [3.05, 3.63) is 10.1 Å². The molecule has 0 fully saturated rings. The van der Waals surface area contributed by atoms with E-state index in [4.69, 9.17) is 9.98 Å². The van der Waals surface area contributed by atoms with Gasteiger partial charge >= 0.3 is 0 Å². The predicted octanol–water partition coefficient (Wildman–Crippen LogP) is 4.87. The van der Waals surface area contributed by atoms with E-state index in [0.29, 0.717) is 0 Å². The van der Waals surface area contributed by atoms with E-state index in [1.54, 1.807) is 0 Å². The maximum atomic E-state index is 4.75. The van der Waals surface area contributed by atoms with Crippen LogP contribution in [0.15, 0.2) is 20.0 Å². The summed E-state index contributed by atoms with van der Waals surface area (Å²) in [5.74, 6) is 2.17. The number of thioether (sulfide) groups is 2.